The summed E-state index contributed by atoms with van der Waals surface area (Å²) >= 11 is 0. The lowest BCUT2D eigenvalue weighted by Gasteiger charge is -2.06. The molecule has 0 aliphatic heterocycles. The van der Waals surface area contributed by atoms with Crippen molar-refractivity contribution in [3.05, 3.63) is 84.9 Å². The Morgan fingerprint density at radius 1 is 0.462 bits per heavy atom. The van der Waals surface area contributed by atoms with Crippen LogP contribution in [0, 0.1) is 0 Å². The molecule has 0 aliphatic rings. The molecule has 0 heterocycles. The van der Waals surface area contributed by atoms with E-state index in [9.17, 15) is 16.8 Å². The zero-order valence-corrected chi connectivity index (χ0v) is 16.6. The average Bonchev–Trinajstić information content (AvgIpc) is 2.64. The molecule has 0 aliphatic carbocycles. The molecule has 3 aromatic rings. The Kier molecular flexibility index (Phi) is 5.76. The zero-order valence-electron chi connectivity index (χ0n) is 13.3. The molecular weight excluding hydrogens is 408 g/mol. The highest BCUT2D eigenvalue weighted by atomic mass is 33.1. The Hall–Kier alpha value is -1.74. The van der Waals surface area contributed by atoms with Gasteiger partial charge in [-0.15, -0.1) is 0 Å². The SMILES string of the molecule is O=S(=O)(Sc1ccc(SS(=O)(=O)c2ccccc2)cc1)c1ccccc1. The van der Waals surface area contributed by atoms with E-state index in [1.807, 2.05) is 0 Å². The van der Waals surface area contributed by atoms with E-state index in [0.29, 0.717) is 9.79 Å². The third-order valence-corrected chi connectivity index (χ3v) is 9.99. The van der Waals surface area contributed by atoms with Crippen LogP contribution in [0.4, 0.5) is 0 Å². The van der Waals surface area contributed by atoms with Crippen molar-refractivity contribution in [1.82, 2.24) is 0 Å². The fraction of sp³-hybridized carbons (Fsp3) is 0. The standard InChI is InChI=1S/C18H14O4S4/c19-25(20,17-7-3-1-4-8-17)23-15-11-13-16(14-12-15)24-26(21,22)18-9-5-2-6-10-18/h1-14H. The van der Waals surface area contributed by atoms with Crippen LogP contribution >= 0.6 is 21.6 Å². The van der Waals surface area contributed by atoms with Gasteiger partial charge in [0.1, 0.15) is 0 Å². The first kappa shape index (κ1) is 19.0. The molecule has 0 radical (unpaired) electrons. The normalized spacial score (nSPS) is 12.0. The first-order valence-electron chi connectivity index (χ1n) is 7.46. The third-order valence-electron chi connectivity index (χ3n) is 3.30. The maximum atomic E-state index is 12.4. The van der Waals surface area contributed by atoms with Crippen molar-refractivity contribution in [1.29, 1.82) is 0 Å². The highest BCUT2D eigenvalue weighted by Gasteiger charge is 2.18. The summed E-state index contributed by atoms with van der Waals surface area (Å²) in [5, 5.41) is 0. The van der Waals surface area contributed by atoms with Gasteiger partial charge in [-0.25, -0.2) is 16.8 Å². The Balaban J connectivity index is 1.75. The third kappa shape index (κ3) is 4.70. The largest absolute Gasteiger partial charge is 0.234 e. The van der Waals surface area contributed by atoms with Crippen LogP contribution in [0.3, 0.4) is 0 Å². The lowest BCUT2D eigenvalue weighted by atomic mass is 10.4. The maximum absolute atomic E-state index is 12.4. The molecule has 4 nitrogen and oxygen atoms in total. The Labute approximate surface area is 160 Å². The molecule has 0 aromatic heterocycles. The molecule has 134 valence electrons. The fourth-order valence-corrected chi connectivity index (χ4v) is 7.68. The Morgan fingerprint density at radius 3 is 1.08 bits per heavy atom. The lowest BCUT2D eigenvalue weighted by molar-refractivity contribution is 0.609. The van der Waals surface area contributed by atoms with Gasteiger partial charge in [0.05, 0.1) is 9.79 Å². The smallest absolute Gasteiger partial charge is 0.212 e. The van der Waals surface area contributed by atoms with Crippen LogP contribution in [0.2, 0.25) is 0 Å². The van der Waals surface area contributed by atoms with Gasteiger partial charge >= 0.3 is 0 Å². The van der Waals surface area contributed by atoms with Crippen molar-refractivity contribution in [3.63, 3.8) is 0 Å². The van der Waals surface area contributed by atoms with Gasteiger partial charge < -0.3 is 0 Å². The van der Waals surface area contributed by atoms with Crippen LogP contribution in [0.1, 0.15) is 0 Å². The van der Waals surface area contributed by atoms with Crippen molar-refractivity contribution >= 4 is 39.3 Å². The van der Waals surface area contributed by atoms with Crippen molar-refractivity contribution in [3.8, 4) is 0 Å². The molecule has 0 unspecified atom stereocenters. The lowest BCUT2D eigenvalue weighted by Crippen LogP contribution is -1.95. The topological polar surface area (TPSA) is 68.3 Å². The summed E-state index contributed by atoms with van der Waals surface area (Å²) in [6, 6.07) is 22.8. The van der Waals surface area contributed by atoms with Crippen LogP contribution < -0.4 is 0 Å². The van der Waals surface area contributed by atoms with Crippen molar-refractivity contribution < 1.29 is 16.8 Å². The summed E-state index contributed by atoms with van der Waals surface area (Å²) in [4.78, 5) is 1.51. The van der Waals surface area contributed by atoms with E-state index in [2.05, 4.69) is 0 Å². The van der Waals surface area contributed by atoms with E-state index in [-0.39, 0.29) is 9.79 Å². The average molecular weight is 423 g/mol. The van der Waals surface area contributed by atoms with Gasteiger partial charge in [-0.3, -0.25) is 0 Å². The van der Waals surface area contributed by atoms with Crippen LogP contribution in [0.5, 0.6) is 0 Å². The minimum absolute atomic E-state index is 0.232. The molecule has 3 rings (SSSR count). The molecule has 0 saturated carbocycles. The maximum Gasteiger partial charge on any atom is 0.234 e. The first-order valence-corrected chi connectivity index (χ1v) is 13.1. The number of hydrogen-bond acceptors (Lipinski definition) is 6. The molecule has 3 aromatic carbocycles. The van der Waals surface area contributed by atoms with Gasteiger partial charge in [0.2, 0.25) is 17.7 Å². The summed E-state index contributed by atoms with van der Waals surface area (Å²) in [5.74, 6) is 0. The summed E-state index contributed by atoms with van der Waals surface area (Å²) in [5.41, 5.74) is 0. The molecule has 26 heavy (non-hydrogen) atoms. The second-order valence-electron chi connectivity index (χ2n) is 5.17. The van der Waals surface area contributed by atoms with E-state index in [4.69, 9.17) is 0 Å². The summed E-state index contributed by atoms with van der Waals surface area (Å²) in [6.45, 7) is 0. The quantitative estimate of drug-likeness (QED) is 0.539. The van der Waals surface area contributed by atoms with E-state index in [0.717, 1.165) is 21.6 Å². The molecule has 0 atom stereocenters. The predicted molar refractivity (Wildman–Crippen MR) is 105 cm³/mol. The van der Waals surface area contributed by atoms with Crippen LogP contribution in [0.15, 0.2) is 105 Å². The highest BCUT2D eigenvalue weighted by Crippen LogP contribution is 2.34. The van der Waals surface area contributed by atoms with E-state index in [1.165, 1.54) is 0 Å². The summed E-state index contributed by atoms with van der Waals surface area (Å²) in [6.07, 6.45) is 0. The second kappa shape index (κ2) is 7.87. The van der Waals surface area contributed by atoms with Gasteiger partial charge in [0.15, 0.2) is 0 Å². The predicted octanol–water partition coefficient (Wildman–Crippen LogP) is 4.65. The minimum atomic E-state index is -3.51. The first-order chi connectivity index (χ1) is 12.4. The highest BCUT2D eigenvalue weighted by molar-refractivity contribution is 8.72. The molecule has 0 bridgehead atoms. The zero-order chi connectivity index (χ0) is 18.6. The minimum Gasteiger partial charge on any atom is -0.212 e. The van der Waals surface area contributed by atoms with Crippen LogP contribution in [0.25, 0.3) is 0 Å². The molecular formula is C18H14O4S4. The van der Waals surface area contributed by atoms with E-state index >= 15 is 0 Å². The molecule has 0 spiro atoms. The molecule has 0 saturated heterocycles. The summed E-state index contributed by atoms with van der Waals surface area (Å²) < 4.78 is 49.4. The van der Waals surface area contributed by atoms with E-state index < -0.39 is 17.7 Å². The Morgan fingerprint density at radius 2 is 0.769 bits per heavy atom. The molecule has 0 amide bonds. The van der Waals surface area contributed by atoms with E-state index in [1.54, 1.807) is 84.9 Å². The Bertz CT molecular complexity index is 986. The van der Waals surface area contributed by atoms with Crippen LogP contribution in [-0.4, -0.2) is 16.8 Å². The fourth-order valence-electron chi connectivity index (χ4n) is 2.07. The van der Waals surface area contributed by atoms with Gasteiger partial charge in [-0.05, 0) is 48.5 Å². The van der Waals surface area contributed by atoms with Crippen molar-refractivity contribution in [2.45, 2.75) is 19.6 Å². The molecule has 8 heteroatoms. The van der Waals surface area contributed by atoms with Gasteiger partial charge in [0, 0.05) is 31.4 Å². The number of hydrogen-bond donors (Lipinski definition) is 0. The second-order valence-corrected chi connectivity index (χ2v) is 12.8. The number of rotatable bonds is 6. The van der Waals surface area contributed by atoms with Crippen molar-refractivity contribution in [2.75, 3.05) is 0 Å². The molecule has 0 fully saturated rings. The summed E-state index contributed by atoms with van der Waals surface area (Å²) in [7, 11) is -5.55. The number of benzene rings is 3. The monoisotopic (exact) mass is 422 g/mol. The van der Waals surface area contributed by atoms with Crippen molar-refractivity contribution in [2.24, 2.45) is 0 Å². The van der Waals surface area contributed by atoms with Gasteiger partial charge in [0.25, 0.3) is 0 Å². The van der Waals surface area contributed by atoms with Gasteiger partial charge in [-0.2, -0.15) is 0 Å². The van der Waals surface area contributed by atoms with Gasteiger partial charge in [-0.1, -0.05) is 36.4 Å². The molecule has 0 N–H and O–H groups in total. The van der Waals surface area contributed by atoms with Crippen LogP contribution in [-0.2, 0) is 17.7 Å².